The molecule has 0 saturated carbocycles. The average molecular weight is 451 g/mol. The van der Waals surface area contributed by atoms with E-state index in [0.29, 0.717) is 0 Å². The van der Waals surface area contributed by atoms with Crippen LogP contribution in [0.2, 0.25) is 0 Å². The lowest BCUT2D eigenvalue weighted by Gasteiger charge is -2.35. The van der Waals surface area contributed by atoms with E-state index in [1.54, 1.807) is 7.11 Å². The van der Waals surface area contributed by atoms with Crippen LogP contribution < -0.4 is 10.1 Å². The van der Waals surface area contributed by atoms with Crippen molar-refractivity contribution in [2.24, 2.45) is 0 Å². The number of hydrogen-bond acceptors (Lipinski definition) is 6. The van der Waals surface area contributed by atoms with E-state index in [0.717, 1.165) is 68.0 Å². The van der Waals surface area contributed by atoms with Crippen LogP contribution in [0.4, 0.5) is 5.69 Å². The van der Waals surface area contributed by atoms with Crippen molar-refractivity contribution >= 4 is 29.0 Å². The van der Waals surface area contributed by atoms with Gasteiger partial charge in [-0.3, -0.25) is 9.88 Å². The van der Waals surface area contributed by atoms with Gasteiger partial charge in [-0.05, 0) is 50.9 Å². The number of benzene rings is 1. The highest BCUT2D eigenvalue weighted by molar-refractivity contribution is 5.93. The van der Waals surface area contributed by atoms with Crippen molar-refractivity contribution < 1.29 is 9.84 Å². The number of fused-ring (bicyclic) bond motifs is 1. The quantitative estimate of drug-likeness (QED) is 0.505. The van der Waals surface area contributed by atoms with Gasteiger partial charge in [0.2, 0.25) is 0 Å². The third-order valence-electron chi connectivity index (χ3n) is 5.98. The van der Waals surface area contributed by atoms with Crippen molar-refractivity contribution in [1.29, 1.82) is 0 Å². The second kappa shape index (κ2) is 13.1. The number of aliphatic hydroxyl groups is 1. The summed E-state index contributed by atoms with van der Waals surface area (Å²) in [5.74, 6) is 0.870. The number of β-amino-alcohol motifs (C(OH)–C–C–N with tert-alkyl or cyclic N) is 1. The molecule has 7 heteroatoms. The number of halogens is 1. The first kappa shape index (κ1) is 25.7. The summed E-state index contributed by atoms with van der Waals surface area (Å²) >= 11 is 0. The molecular formula is C24H39ClN4O2. The molecule has 0 bridgehead atoms. The first-order valence-electron chi connectivity index (χ1n) is 11.4. The molecule has 1 aromatic heterocycles. The Balaban J connectivity index is 0.00000341. The molecule has 1 saturated heterocycles. The molecule has 3 rings (SSSR count). The van der Waals surface area contributed by atoms with E-state index >= 15 is 0 Å². The Morgan fingerprint density at radius 2 is 1.81 bits per heavy atom. The van der Waals surface area contributed by atoms with Crippen molar-refractivity contribution in [2.45, 2.75) is 45.6 Å². The Morgan fingerprint density at radius 1 is 1.10 bits per heavy atom. The maximum Gasteiger partial charge on any atom is 0.121 e. The first-order valence-corrected chi connectivity index (χ1v) is 11.4. The topological polar surface area (TPSA) is 60.9 Å². The summed E-state index contributed by atoms with van der Waals surface area (Å²) in [4.78, 5) is 9.51. The average Bonchev–Trinajstić information content (AvgIpc) is 2.74. The predicted molar refractivity (Wildman–Crippen MR) is 132 cm³/mol. The number of nitrogens with zero attached hydrogens (tertiary/aromatic N) is 3. The molecule has 0 amide bonds. The molecule has 0 spiro atoms. The van der Waals surface area contributed by atoms with Crippen LogP contribution >= 0.6 is 12.4 Å². The zero-order valence-corrected chi connectivity index (χ0v) is 20.1. The number of anilines is 1. The van der Waals surface area contributed by atoms with Crippen LogP contribution in [0.1, 0.15) is 38.2 Å². The molecule has 0 aliphatic carbocycles. The number of nitrogens with one attached hydrogen (secondary N) is 1. The Bertz CT molecular complexity index is 794. The van der Waals surface area contributed by atoms with Crippen LogP contribution in [0.3, 0.4) is 0 Å². The minimum atomic E-state index is -0.222. The largest absolute Gasteiger partial charge is 0.497 e. The molecule has 1 atom stereocenters. The molecule has 174 valence electrons. The number of aliphatic hydroxyl groups excluding tert-OH is 1. The van der Waals surface area contributed by atoms with Gasteiger partial charge in [0.1, 0.15) is 5.75 Å². The van der Waals surface area contributed by atoms with Crippen molar-refractivity contribution in [1.82, 2.24) is 14.8 Å². The highest BCUT2D eigenvalue weighted by Crippen LogP contribution is 2.29. The van der Waals surface area contributed by atoms with Crippen LogP contribution in [0, 0.1) is 6.92 Å². The van der Waals surface area contributed by atoms with E-state index in [-0.39, 0.29) is 18.5 Å². The third kappa shape index (κ3) is 7.79. The van der Waals surface area contributed by atoms with Gasteiger partial charge in [0, 0.05) is 56.9 Å². The summed E-state index contributed by atoms with van der Waals surface area (Å²) in [6, 6.07) is 6.15. The molecule has 0 radical (unpaired) electrons. The van der Waals surface area contributed by atoms with Gasteiger partial charge in [0.05, 0.1) is 24.4 Å². The number of rotatable bonds is 11. The molecule has 1 unspecified atom stereocenters. The monoisotopic (exact) mass is 450 g/mol. The van der Waals surface area contributed by atoms with Gasteiger partial charge < -0.3 is 20.1 Å². The van der Waals surface area contributed by atoms with Gasteiger partial charge in [-0.1, -0.05) is 12.8 Å². The summed E-state index contributed by atoms with van der Waals surface area (Å²) in [5.41, 5.74) is 3.29. The van der Waals surface area contributed by atoms with Crippen molar-refractivity contribution in [3.8, 4) is 5.75 Å². The van der Waals surface area contributed by atoms with E-state index < -0.39 is 0 Å². The molecule has 1 fully saturated rings. The highest BCUT2D eigenvalue weighted by Gasteiger charge is 2.17. The molecule has 2 heterocycles. The van der Waals surface area contributed by atoms with E-state index in [1.807, 2.05) is 25.3 Å². The number of aromatic nitrogens is 1. The van der Waals surface area contributed by atoms with Crippen LogP contribution in [-0.4, -0.2) is 78.9 Å². The molecule has 1 aliphatic heterocycles. The van der Waals surface area contributed by atoms with Crippen LogP contribution in [0.5, 0.6) is 5.75 Å². The summed E-state index contributed by atoms with van der Waals surface area (Å²) in [6.07, 6.45) is 6.58. The zero-order chi connectivity index (χ0) is 21.3. The lowest BCUT2D eigenvalue weighted by molar-refractivity contribution is 0.0801. The van der Waals surface area contributed by atoms with E-state index in [4.69, 9.17) is 4.74 Å². The predicted octanol–water partition coefficient (Wildman–Crippen LogP) is 3.94. The van der Waals surface area contributed by atoms with Gasteiger partial charge in [-0.15, -0.1) is 12.4 Å². The fourth-order valence-corrected chi connectivity index (χ4v) is 4.22. The number of unbranched alkanes of at least 4 members (excludes halogenated alkanes) is 3. The Hall–Kier alpha value is -1.60. The maximum atomic E-state index is 9.51. The zero-order valence-electron chi connectivity index (χ0n) is 19.3. The normalized spacial score (nSPS) is 16.1. The Morgan fingerprint density at radius 3 is 2.52 bits per heavy atom. The minimum Gasteiger partial charge on any atom is -0.497 e. The highest BCUT2D eigenvalue weighted by atomic mass is 35.5. The number of aryl methyl sites for hydroxylation is 1. The number of ether oxygens (including phenoxy) is 1. The summed E-state index contributed by atoms with van der Waals surface area (Å²) in [7, 11) is 1.71. The van der Waals surface area contributed by atoms with Gasteiger partial charge >= 0.3 is 0 Å². The number of hydrogen-bond donors (Lipinski definition) is 2. The van der Waals surface area contributed by atoms with Crippen LogP contribution in [0.25, 0.3) is 10.9 Å². The van der Waals surface area contributed by atoms with E-state index in [2.05, 4.69) is 33.1 Å². The summed E-state index contributed by atoms with van der Waals surface area (Å²) in [5, 5.41) is 14.2. The fourth-order valence-electron chi connectivity index (χ4n) is 4.22. The standard InChI is InChI=1S/C24H38N4O2.ClH/c1-19-8-10-26-24-22(19)16-21(30-3)17-23(24)25-9-6-4-5-7-11-27-12-14-28(15-13-27)18-20(2)29;/h8,10,16-17,20,25,29H,4-7,9,11-15,18H2,1-3H3;1H. The summed E-state index contributed by atoms with van der Waals surface area (Å²) < 4.78 is 5.47. The lowest BCUT2D eigenvalue weighted by atomic mass is 10.1. The minimum absolute atomic E-state index is 0. The van der Waals surface area contributed by atoms with Crippen LogP contribution in [0.15, 0.2) is 24.4 Å². The third-order valence-corrected chi connectivity index (χ3v) is 5.98. The van der Waals surface area contributed by atoms with Crippen molar-refractivity contribution in [3.05, 3.63) is 30.0 Å². The van der Waals surface area contributed by atoms with Gasteiger partial charge in [0.25, 0.3) is 0 Å². The smallest absolute Gasteiger partial charge is 0.121 e. The molecule has 31 heavy (non-hydrogen) atoms. The molecular weight excluding hydrogens is 412 g/mol. The van der Waals surface area contributed by atoms with Gasteiger partial charge in [-0.25, -0.2) is 0 Å². The molecule has 1 aromatic carbocycles. The molecule has 2 aromatic rings. The fraction of sp³-hybridized carbons (Fsp3) is 0.625. The number of piperazine rings is 1. The molecule has 2 N–H and O–H groups in total. The first-order chi connectivity index (χ1) is 14.6. The van der Waals surface area contributed by atoms with Gasteiger partial charge in [0.15, 0.2) is 0 Å². The maximum absolute atomic E-state index is 9.51. The number of pyridine rings is 1. The Kier molecular flexibility index (Phi) is 10.8. The number of methoxy groups -OCH3 is 1. The van der Waals surface area contributed by atoms with Crippen molar-refractivity contribution in [3.63, 3.8) is 0 Å². The SMILES string of the molecule is COc1cc(NCCCCCCN2CCN(CC(C)O)CC2)c2nccc(C)c2c1.Cl. The lowest BCUT2D eigenvalue weighted by Crippen LogP contribution is -2.48. The van der Waals surface area contributed by atoms with E-state index in [1.165, 1.54) is 31.4 Å². The van der Waals surface area contributed by atoms with Crippen molar-refractivity contribution in [2.75, 3.05) is 58.2 Å². The molecule has 6 nitrogen and oxygen atoms in total. The van der Waals surface area contributed by atoms with Gasteiger partial charge in [-0.2, -0.15) is 0 Å². The van der Waals surface area contributed by atoms with Crippen LogP contribution in [-0.2, 0) is 0 Å². The second-order valence-electron chi connectivity index (χ2n) is 8.53. The second-order valence-corrected chi connectivity index (χ2v) is 8.53. The molecule has 1 aliphatic rings. The van der Waals surface area contributed by atoms with E-state index in [9.17, 15) is 5.11 Å². The Labute approximate surface area is 193 Å². The summed E-state index contributed by atoms with van der Waals surface area (Å²) in [6.45, 7) is 11.4.